The van der Waals surface area contributed by atoms with Crippen LogP contribution >= 0.6 is 12.2 Å². The summed E-state index contributed by atoms with van der Waals surface area (Å²) in [5.74, 6) is 3.50. The van der Waals surface area contributed by atoms with Gasteiger partial charge in [-0.15, -0.1) is 0 Å². The zero-order valence-electron chi connectivity index (χ0n) is 15.1. The lowest BCUT2D eigenvalue weighted by molar-refractivity contribution is -0.0761. The second-order valence-electron chi connectivity index (χ2n) is 9.10. The molecule has 3 fully saturated rings. The monoisotopic (exact) mass is 345 g/mol. The van der Waals surface area contributed by atoms with Gasteiger partial charge in [0.1, 0.15) is 0 Å². The molecule has 3 nitrogen and oxygen atoms in total. The predicted molar refractivity (Wildman–Crippen MR) is 104 cm³/mol. The van der Waals surface area contributed by atoms with E-state index in [4.69, 9.17) is 18.0 Å². The molecular weight excluding hydrogens is 314 g/mol. The molecule has 3 saturated carbocycles. The van der Waals surface area contributed by atoms with Crippen molar-refractivity contribution in [3.05, 3.63) is 12.2 Å². The highest BCUT2D eigenvalue weighted by atomic mass is 32.1. The van der Waals surface area contributed by atoms with Crippen LogP contribution in [-0.2, 0) is 0 Å². The van der Waals surface area contributed by atoms with Gasteiger partial charge < -0.3 is 5.73 Å². The van der Waals surface area contributed by atoms with Gasteiger partial charge in [0.05, 0.1) is 0 Å². The summed E-state index contributed by atoms with van der Waals surface area (Å²) in [6, 6.07) is 0. The molecule has 0 saturated heterocycles. The third kappa shape index (κ3) is 2.36. The van der Waals surface area contributed by atoms with Crippen molar-refractivity contribution in [2.75, 3.05) is 0 Å². The van der Waals surface area contributed by atoms with Gasteiger partial charge in [0.15, 0.2) is 5.11 Å². The fourth-order valence-corrected chi connectivity index (χ4v) is 6.98. The van der Waals surface area contributed by atoms with Crippen LogP contribution in [0.2, 0.25) is 0 Å². The van der Waals surface area contributed by atoms with Crippen LogP contribution in [0.4, 0.5) is 0 Å². The topological polar surface area (TPSA) is 50.4 Å². The number of fused-ring (bicyclic) bond motifs is 5. The van der Waals surface area contributed by atoms with E-state index >= 15 is 0 Å². The molecule has 0 radical (unpaired) electrons. The van der Waals surface area contributed by atoms with Gasteiger partial charge in [-0.1, -0.05) is 26.0 Å². The first-order chi connectivity index (χ1) is 11.4. The third-order valence-corrected chi connectivity index (χ3v) is 8.34. The maximum absolute atomic E-state index is 5.59. The molecular formula is C20H31N3S. The minimum absolute atomic E-state index is 0.257. The molecule has 0 aromatic heterocycles. The average Bonchev–Trinajstić information content (AvgIpc) is 2.89. The number of thiocarbonyl (C=S) groups is 1. The molecule has 0 amide bonds. The maximum Gasteiger partial charge on any atom is 0.184 e. The molecule has 4 heteroatoms. The second-order valence-corrected chi connectivity index (χ2v) is 9.54. The van der Waals surface area contributed by atoms with Crippen molar-refractivity contribution in [3.8, 4) is 0 Å². The molecule has 4 aliphatic carbocycles. The Morgan fingerprint density at radius 1 is 1.21 bits per heavy atom. The van der Waals surface area contributed by atoms with E-state index in [2.05, 4.69) is 36.5 Å². The van der Waals surface area contributed by atoms with Crippen molar-refractivity contribution >= 4 is 23.0 Å². The summed E-state index contributed by atoms with van der Waals surface area (Å²) in [5.41, 5.74) is 10.6. The molecule has 4 rings (SSSR count). The first-order valence-electron chi connectivity index (χ1n) is 9.72. The van der Waals surface area contributed by atoms with Crippen LogP contribution in [-0.4, -0.2) is 10.8 Å². The smallest absolute Gasteiger partial charge is 0.184 e. The minimum Gasteiger partial charge on any atom is -0.375 e. The van der Waals surface area contributed by atoms with Gasteiger partial charge in [0.25, 0.3) is 0 Å². The van der Waals surface area contributed by atoms with Crippen molar-refractivity contribution in [1.82, 2.24) is 5.43 Å². The van der Waals surface area contributed by atoms with Crippen LogP contribution in [0.3, 0.4) is 0 Å². The number of rotatable bonds is 1. The van der Waals surface area contributed by atoms with Crippen LogP contribution in [0.25, 0.3) is 0 Å². The van der Waals surface area contributed by atoms with Gasteiger partial charge in [-0.3, -0.25) is 5.43 Å². The highest BCUT2D eigenvalue weighted by Crippen LogP contribution is 2.64. The first kappa shape index (κ1) is 16.6. The zero-order valence-corrected chi connectivity index (χ0v) is 15.9. The van der Waals surface area contributed by atoms with Gasteiger partial charge in [-0.2, -0.15) is 5.10 Å². The Labute approximate surface area is 151 Å². The van der Waals surface area contributed by atoms with Crippen LogP contribution in [0.5, 0.6) is 0 Å². The molecule has 0 spiro atoms. The van der Waals surface area contributed by atoms with Crippen molar-refractivity contribution in [1.29, 1.82) is 0 Å². The molecule has 3 N–H and O–H groups in total. The normalized spacial score (nSPS) is 48.5. The number of nitrogens with one attached hydrogen (secondary N) is 1. The van der Waals surface area contributed by atoms with E-state index in [9.17, 15) is 0 Å². The second kappa shape index (κ2) is 5.82. The van der Waals surface area contributed by atoms with E-state index in [-0.39, 0.29) is 10.5 Å². The molecule has 6 unspecified atom stereocenters. The molecule has 0 bridgehead atoms. The Hall–Kier alpha value is -0.900. The van der Waals surface area contributed by atoms with E-state index in [1.54, 1.807) is 0 Å². The summed E-state index contributed by atoms with van der Waals surface area (Å²) in [7, 11) is 0. The van der Waals surface area contributed by atoms with Crippen LogP contribution in [0.15, 0.2) is 17.3 Å². The highest BCUT2D eigenvalue weighted by Gasteiger charge is 2.58. The van der Waals surface area contributed by atoms with Gasteiger partial charge in [0.2, 0.25) is 0 Å². The van der Waals surface area contributed by atoms with E-state index in [1.807, 2.05) is 0 Å². The van der Waals surface area contributed by atoms with Crippen molar-refractivity contribution < 1.29 is 0 Å². The molecule has 4 aliphatic rings. The van der Waals surface area contributed by atoms with Crippen LogP contribution < -0.4 is 11.2 Å². The summed E-state index contributed by atoms with van der Waals surface area (Å²) in [5, 5.41) is 4.89. The Bertz CT molecular complexity index is 598. The summed E-state index contributed by atoms with van der Waals surface area (Å²) >= 11 is 4.94. The Morgan fingerprint density at radius 2 is 2.04 bits per heavy atom. The summed E-state index contributed by atoms with van der Waals surface area (Å²) in [4.78, 5) is 0. The number of hydrogen-bond donors (Lipinski definition) is 2. The lowest BCUT2D eigenvalue weighted by atomic mass is 9.46. The number of allylic oxidation sites excluding steroid dienone is 2. The number of nitrogens with two attached hydrogens (primary N) is 1. The zero-order chi connectivity index (χ0) is 16.9. The molecule has 0 aromatic rings. The molecule has 6 atom stereocenters. The predicted octanol–water partition coefficient (Wildman–Crippen LogP) is 4.38. The van der Waals surface area contributed by atoms with Gasteiger partial charge >= 0.3 is 0 Å². The van der Waals surface area contributed by atoms with Gasteiger partial charge in [-0.05, 0) is 92.7 Å². The molecule has 0 aliphatic heterocycles. The fraction of sp³-hybridized carbons (Fsp3) is 0.800. The summed E-state index contributed by atoms with van der Waals surface area (Å²) in [6.07, 6.45) is 15.4. The summed E-state index contributed by atoms with van der Waals surface area (Å²) < 4.78 is 0. The van der Waals surface area contributed by atoms with E-state index in [1.165, 1.54) is 50.7 Å². The largest absolute Gasteiger partial charge is 0.375 e. The minimum atomic E-state index is 0.257. The number of hydrogen-bond acceptors (Lipinski definition) is 2. The molecule has 0 aromatic carbocycles. The van der Waals surface area contributed by atoms with Crippen molar-refractivity contribution in [2.45, 2.75) is 65.2 Å². The highest BCUT2D eigenvalue weighted by molar-refractivity contribution is 7.80. The average molecular weight is 346 g/mol. The molecule has 0 heterocycles. The lowest BCUT2D eigenvalue weighted by Gasteiger charge is -2.59. The molecule has 24 heavy (non-hydrogen) atoms. The first-order valence-corrected chi connectivity index (χ1v) is 10.1. The van der Waals surface area contributed by atoms with Crippen LogP contribution in [0, 0.1) is 34.5 Å². The Balaban J connectivity index is 1.60. The Morgan fingerprint density at radius 3 is 2.83 bits per heavy atom. The number of nitrogens with zero attached hydrogens (tertiary/aromatic N) is 1. The molecule has 132 valence electrons. The van der Waals surface area contributed by atoms with E-state index in [0.717, 1.165) is 30.1 Å². The standard InChI is InChI=1S/C20H31N3S/c1-19-11-4-3-5-13(19)6-7-14-15-8-9-17(22-23-18(21)24)20(15,2)12-10-16(14)19/h3-4,13-16H,5-12H2,1-2H3,(H3,21,23,24). The Kier molecular flexibility index (Phi) is 4.02. The number of hydrazone groups is 1. The quantitative estimate of drug-likeness (QED) is 0.421. The van der Waals surface area contributed by atoms with Crippen molar-refractivity contribution in [3.63, 3.8) is 0 Å². The van der Waals surface area contributed by atoms with Gasteiger partial charge in [-0.25, -0.2) is 0 Å². The SMILES string of the molecule is CC12CCC3C(CCC4CC=CCC43C)C1CCC2=NNC(N)=S. The summed E-state index contributed by atoms with van der Waals surface area (Å²) in [6.45, 7) is 5.05. The van der Waals surface area contributed by atoms with E-state index < -0.39 is 0 Å². The third-order valence-electron chi connectivity index (χ3n) is 8.25. The maximum atomic E-state index is 5.59. The van der Waals surface area contributed by atoms with Crippen LogP contribution in [0.1, 0.15) is 65.2 Å². The van der Waals surface area contributed by atoms with E-state index in [0.29, 0.717) is 5.41 Å². The van der Waals surface area contributed by atoms with Crippen molar-refractivity contribution in [2.24, 2.45) is 45.3 Å². The van der Waals surface area contributed by atoms with Gasteiger partial charge in [0, 0.05) is 11.1 Å². The fourth-order valence-electron chi connectivity index (χ4n) is 6.93. The lowest BCUT2D eigenvalue weighted by Crippen LogP contribution is -2.52.